The lowest BCUT2D eigenvalue weighted by Gasteiger charge is -2.17. The second kappa shape index (κ2) is 5.72. The molecule has 1 aliphatic rings. The van der Waals surface area contributed by atoms with E-state index >= 15 is 0 Å². The third kappa shape index (κ3) is 2.63. The molecular formula is C13H12O7. The quantitative estimate of drug-likeness (QED) is 0.659. The van der Waals surface area contributed by atoms with Crippen molar-refractivity contribution in [3.05, 3.63) is 47.4 Å². The molecule has 20 heavy (non-hydrogen) atoms. The van der Waals surface area contributed by atoms with Crippen LogP contribution in [0.4, 0.5) is 0 Å². The lowest BCUT2D eigenvalue weighted by Crippen LogP contribution is -2.33. The molecule has 1 aromatic carbocycles. The summed E-state index contributed by atoms with van der Waals surface area (Å²) < 4.78 is 9.51. The largest absolute Gasteiger partial charge is 0.499 e. The molecule has 7 heteroatoms. The highest BCUT2D eigenvalue weighted by Crippen LogP contribution is 2.25. The standard InChI is InChI=1S/C13H12O7/c14-6-8(15)10-11(9(16)13(18)19-10)20-12(17)7-4-2-1-3-5-7/h1-5,8,10,14-16H,6H2/t8-,10+/m0/s1. The van der Waals surface area contributed by atoms with Crippen molar-refractivity contribution in [1.82, 2.24) is 0 Å². The van der Waals surface area contributed by atoms with Crippen LogP contribution in [0.25, 0.3) is 0 Å². The molecule has 2 rings (SSSR count). The van der Waals surface area contributed by atoms with Crippen LogP contribution in [0, 0.1) is 0 Å². The van der Waals surface area contributed by atoms with Crippen molar-refractivity contribution >= 4 is 11.9 Å². The van der Waals surface area contributed by atoms with Crippen LogP contribution in [0.5, 0.6) is 0 Å². The average molecular weight is 280 g/mol. The van der Waals surface area contributed by atoms with Crippen molar-refractivity contribution in [2.45, 2.75) is 12.2 Å². The Hall–Kier alpha value is -2.38. The van der Waals surface area contributed by atoms with Crippen LogP contribution >= 0.6 is 0 Å². The minimum atomic E-state index is -1.50. The molecule has 0 fully saturated rings. The summed E-state index contributed by atoms with van der Waals surface area (Å²) in [5.41, 5.74) is 0.199. The molecule has 1 aromatic rings. The Morgan fingerprint density at radius 2 is 2.00 bits per heavy atom. The number of cyclic esters (lactones) is 1. The maximum Gasteiger partial charge on any atom is 0.378 e. The van der Waals surface area contributed by atoms with Crippen LogP contribution in [-0.4, -0.2) is 46.1 Å². The van der Waals surface area contributed by atoms with Gasteiger partial charge in [-0.1, -0.05) is 18.2 Å². The van der Waals surface area contributed by atoms with Gasteiger partial charge in [-0.05, 0) is 12.1 Å². The van der Waals surface area contributed by atoms with E-state index in [0.29, 0.717) is 0 Å². The summed E-state index contributed by atoms with van der Waals surface area (Å²) in [4.78, 5) is 23.1. The smallest absolute Gasteiger partial charge is 0.378 e. The first kappa shape index (κ1) is 14.0. The van der Waals surface area contributed by atoms with E-state index in [1.807, 2.05) is 0 Å². The Morgan fingerprint density at radius 1 is 1.35 bits per heavy atom. The van der Waals surface area contributed by atoms with Crippen molar-refractivity contribution < 1.29 is 34.4 Å². The molecular weight excluding hydrogens is 268 g/mol. The maximum absolute atomic E-state index is 11.8. The highest BCUT2D eigenvalue weighted by molar-refractivity contribution is 5.93. The van der Waals surface area contributed by atoms with Gasteiger partial charge in [0.15, 0.2) is 6.10 Å². The topological polar surface area (TPSA) is 113 Å². The molecule has 0 unspecified atom stereocenters. The lowest BCUT2D eigenvalue weighted by molar-refractivity contribution is -0.147. The molecule has 0 bridgehead atoms. The van der Waals surface area contributed by atoms with E-state index in [0.717, 1.165) is 0 Å². The number of ether oxygens (including phenoxy) is 2. The van der Waals surface area contributed by atoms with Gasteiger partial charge in [-0.3, -0.25) is 0 Å². The number of aliphatic hydroxyl groups is 3. The van der Waals surface area contributed by atoms with Gasteiger partial charge in [0, 0.05) is 0 Å². The Morgan fingerprint density at radius 3 is 2.60 bits per heavy atom. The van der Waals surface area contributed by atoms with Gasteiger partial charge in [-0.25, -0.2) is 9.59 Å². The van der Waals surface area contributed by atoms with Gasteiger partial charge in [0.25, 0.3) is 0 Å². The molecule has 1 heterocycles. The summed E-state index contributed by atoms with van der Waals surface area (Å²) in [7, 11) is 0. The summed E-state index contributed by atoms with van der Waals surface area (Å²) in [5, 5.41) is 27.8. The van der Waals surface area contributed by atoms with E-state index in [-0.39, 0.29) is 5.56 Å². The van der Waals surface area contributed by atoms with Crippen LogP contribution in [-0.2, 0) is 14.3 Å². The minimum Gasteiger partial charge on any atom is -0.499 e. The van der Waals surface area contributed by atoms with E-state index in [4.69, 9.17) is 9.84 Å². The molecule has 0 amide bonds. The van der Waals surface area contributed by atoms with E-state index in [1.165, 1.54) is 12.1 Å². The molecule has 0 spiro atoms. The van der Waals surface area contributed by atoms with Crippen LogP contribution in [0.3, 0.4) is 0 Å². The summed E-state index contributed by atoms with van der Waals surface area (Å²) in [5.74, 6) is -3.35. The number of aliphatic hydroxyl groups excluding tert-OH is 3. The predicted octanol–water partition coefficient (Wildman–Crippen LogP) is -0.108. The molecule has 7 nitrogen and oxygen atoms in total. The molecule has 0 saturated carbocycles. The van der Waals surface area contributed by atoms with Crippen molar-refractivity contribution in [2.24, 2.45) is 0 Å². The van der Waals surface area contributed by atoms with Crippen LogP contribution in [0.15, 0.2) is 41.9 Å². The van der Waals surface area contributed by atoms with Gasteiger partial charge in [-0.2, -0.15) is 0 Å². The summed E-state index contributed by atoms with van der Waals surface area (Å²) in [6, 6.07) is 7.89. The van der Waals surface area contributed by atoms with Crippen molar-refractivity contribution in [1.29, 1.82) is 0 Å². The van der Waals surface area contributed by atoms with E-state index in [2.05, 4.69) is 4.74 Å². The van der Waals surface area contributed by atoms with Crippen molar-refractivity contribution in [2.75, 3.05) is 6.61 Å². The molecule has 2 atom stereocenters. The number of carbonyl (C=O) groups excluding carboxylic acids is 2. The number of hydrogen-bond acceptors (Lipinski definition) is 7. The van der Waals surface area contributed by atoms with Crippen LogP contribution < -0.4 is 0 Å². The van der Waals surface area contributed by atoms with Crippen LogP contribution in [0.1, 0.15) is 10.4 Å². The van der Waals surface area contributed by atoms with E-state index in [9.17, 15) is 19.8 Å². The third-order valence-electron chi connectivity index (χ3n) is 2.67. The number of esters is 2. The Balaban J connectivity index is 2.21. The van der Waals surface area contributed by atoms with Crippen LogP contribution in [0.2, 0.25) is 0 Å². The molecule has 106 valence electrons. The van der Waals surface area contributed by atoms with E-state index in [1.54, 1.807) is 18.2 Å². The second-order valence-corrected chi connectivity index (χ2v) is 4.04. The first-order valence-electron chi connectivity index (χ1n) is 5.75. The first-order valence-corrected chi connectivity index (χ1v) is 5.75. The Labute approximate surface area is 113 Å². The second-order valence-electron chi connectivity index (χ2n) is 4.04. The molecule has 3 N–H and O–H groups in total. The highest BCUT2D eigenvalue weighted by atomic mass is 16.6. The molecule has 0 aliphatic carbocycles. The lowest BCUT2D eigenvalue weighted by atomic mass is 10.2. The fourth-order valence-electron chi connectivity index (χ4n) is 1.65. The summed E-state index contributed by atoms with van der Waals surface area (Å²) in [6.45, 7) is -0.725. The third-order valence-corrected chi connectivity index (χ3v) is 2.67. The molecule has 0 saturated heterocycles. The average Bonchev–Trinajstić information content (AvgIpc) is 2.75. The first-order chi connectivity index (χ1) is 9.54. The number of hydrogen-bond donors (Lipinski definition) is 3. The zero-order valence-corrected chi connectivity index (χ0v) is 10.2. The Kier molecular flexibility index (Phi) is 4.02. The molecule has 0 radical (unpaired) electrons. The highest BCUT2D eigenvalue weighted by Gasteiger charge is 2.41. The summed E-state index contributed by atoms with van der Waals surface area (Å²) in [6.07, 6.45) is -2.91. The van der Waals surface area contributed by atoms with Gasteiger partial charge in [0.1, 0.15) is 6.10 Å². The SMILES string of the molecule is O=C1O[C@H]([C@@H](O)CO)C(OC(=O)c2ccccc2)=C1O. The normalized spacial score (nSPS) is 19.7. The van der Waals surface area contributed by atoms with Gasteiger partial charge in [0.05, 0.1) is 12.2 Å². The monoisotopic (exact) mass is 280 g/mol. The van der Waals surface area contributed by atoms with Gasteiger partial charge in [-0.15, -0.1) is 0 Å². The zero-order chi connectivity index (χ0) is 14.7. The van der Waals surface area contributed by atoms with Gasteiger partial charge < -0.3 is 24.8 Å². The van der Waals surface area contributed by atoms with Gasteiger partial charge >= 0.3 is 11.9 Å². The van der Waals surface area contributed by atoms with Crippen molar-refractivity contribution in [3.63, 3.8) is 0 Å². The number of benzene rings is 1. The van der Waals surface area contributed by atoms with E-state index < -0.39 is 42.3 Å². The Bertz CT molecular complexity index is 549. The predicted molar refractivity (Wildman–Crippen MR) is 64.5 cm³/mol. The minimum absolute atomic E-state index is 0.199. The number of carbonyl (C=O) groups is 2. The maximum atomic E-state index is 11.8. The van der Waals surface area contributed by atoms with Gasteiger partial charge in [0.2, 0.25) is 11.5 Å². The summed E-state index contributed by atoms with van der Waals surface area (Å²) >= 11 is 0. The fraction of sp³-hybridized carbons (Fsp3) is 0.231. The molecule has 0 aromatic heterocycles. The zero-order valence-electron chi connectivity index (χ0n) is 10.2. The number of rotatable bonds is 4. The molecule has 1 aliphatic heterocycles. The van der Waals surface area contributed by atoms with Crippen molar-refractivity contribution in [3.8, 4) is 0 Å². The fourth-order valence-corrected chi connectivity index (χ4v) is 1.65.